The highest BCUT2D eigenvalue weighted by Gasteiger charge is 2.67. The summed E-state index contributed by atoms with van der Waals surface area (Å²) in [4.78, 5) is 12.2. The monoisotopic (exact) mass is 266 g/mol. The van der Waals surface area contributed by atoms with Crippen molar-refractivity contribution in [3.05, 3.63) is 0 Å². The van der Waals surface area contributed by atoms with Gasteiger partial charge in [0.15, 0.2) is 0 Å². The van der Waals surface area contributed by atoms with Crippen LogP contribution in [0, 0.1) is 16.7 Å². The maximum absolute atomic E-state index is 12.2. The first-order valence-corrected chi connectivity index (χ1v) is 8.38. The standard InChI is InChI=1S/C18H34O/c1-6-7-8-9-10-11-12-13-14-15(19)16-17(2,3)18(16,4)5/h16H,6-14H2,1-5H3. The molecule has 0 saturated heterocycles. The van der Waals surface area contributed by atoms with Crippen molar-refractivity contribution in [1.29, 1.82) is 0 Å². The zero-order chi connectivity index (χ0) is 14.5. The number of hydrogen-bond acceptors (Lipinski definition) is 1. The van der Waals surface area contributed by atoms with Gasteiger partial charge in [-0.25, -0.2) is 0 Å². The molecule has 0 bridgehead atoms. The summed E-state index contributed by atoms with van der Waals surface area (Å²) < 4.78 is 0. The van der Waals surface area contributed by atoms with Crippen LogP contribution >= 0.6 is 0 Å². The quantitative estimate of drug-likeness (QED) is 0.459. The third-order valence-corrected chi connectivity index (χ3v) is 5.62. The number of Topliss-reactive ketones (excluding diaryl/α,β-unsaturated/α-hetero) is 1. The van der Waals surface area contributed by atoms with E-state index in [9.17, 15) is 4.79 Å². The van der Waals surface area contributed by atoms with Crippen LogP contribution in [0.5, 0.6) is 0 Å². The lowest BCUT2D eigenvalue weighted by Gasteiger charge is -2.03. The Morgan fingerprint density at radius 2 is 1.21 bits per heavy atom. The van der Waals surface area contributed by atoms with Crippen molar-refractivity contribution in [3.63, 3.8) is 0 Å². The molecule has 0 atom stereocenters. The van der Waals surface area contributed by atoms with Gasteiger partial charge in [0.2, 0.25) is 0 Å². The van der Waals surface area contributed by atoms with Crippen LogP contribution in [-0.4, -0.2) is 5.78 Å². The largest absolute Gasteiger partial charge is 0.299 e. The fourth-order valence-electron chi connectivity index (χ4n) is 3.58. The Morgan fingerprint density at radius 1 is 0.789 bits per heavy atom. The highest BCUT2D eigenvalue weighted by molar-refractivity contribution is 5.86. The van der Waals surface area contributed by atoms with Gasteiger partial charge >= 0.3 is 0 Å². The van der Waals surface area contributed by atoms with Crippen molar-refractivity contribution < 1.29 is 4.79 Å². The number of unbranched alkanes of at least 4 members (excludes halogenated alkanes) is 7. The maximum Gasteiger partial charge on any atom is 0.137 e. The zero-order valence-corrected chi connectivity index (χ0v) is 13.8. The summed E-state index contributed by atoms with van der Waals surface area (Å²) in [7, 11) is 0. The van der Waals surface area contributed by atoms with Gasteiger partial charge in [-0.05, 0) is 17.3 Å². The van der Waals surface area contributed by atoms with Gasteiger partial charge in [-0.2, -0.15) is 0 Å². The average molecular weight is 266 g/mol. The summed E-state index contributed by atoms with van der Waals surface area (Å²) in [5.41, 5.74) is 0.453. The Hall–Kier alpha value is -0.330. The number of ketones is 1. The van der Waals surface area contributed by atoms with Crippen molar-refractivity contribution in [2.45, 2.75) is 92.4 Å². The average Bonchev–Trinajstić information content (AvgIpc) is 2.73. The van der Waals surface area contributed by atoms with Gasteiger partial charge in [-0.1, -0.05) is 79.6 Å². The second-order valence-electron chi connectivity index (χ2n) is 7.57. The molecule has 0 radical (unpaired) electrons. The topological polar surface area (TPSA) is 17.1 Å². The van der Waals surface area contributed by atoms with E-state index in [-0.39, 0.29) is 10.8 Å². The van der Waals surface area contributed by atoms with E-state index in [1.165, 1.54) is 44.9 Å². The molecule has 0 aliphatic heterocycles. The van der Waals surface area contributed by atoms with Crippen LogP contribution in [0.2, 0.25) is 0 Å². The molecule has 1 rings (SSSR count). The van der Waals surface area contributed by atoms with Crippen molar-refractivity contribution in [2.24, 2.45) is 16.7 Å². The lowest BCUT2D eigenvalue weighted by Crippen LogP contribution is -2.06. The van der Waals surface area contributed by atoms with E-state index in [1.807, 2.05) is 0 Å². The number of carbonyl (C=O) groups is 1. The first kappa shape index (κ1) is 16.7. The SMILES string of the molecule is CCCCCCCCCCC(=O)C1C(C)(C)C1(C)C. The molecule has 1 fully saturated rings. The Balaban J connectivity index is 2.04. The second-order valence-corrected chi connectivity index (χ2v) is 7.57. The van der Waals surface area contributed by atoms with E-state index in [0.717, 1.165) is 12.8 Å². The Bertz CT molecular complexity index is 274. The molecule has 0 aromatic carbocycles. The van der Waals surface area contributed by atoms with Crippen LogP contribution in [0.25, 0.3) is 0 Å². The Kier molecular flexibility index (Phi) is 6.08. The van der Waals surface area contributed by atoms with Crippen LogP contribution in [0.4, 0.5) is 0 Å². The third-order valence-electron chi connectivity index (χ3n) is 5.62. The van der Waals surface area contributed by atoms with Gasteiger partial charge in [0.1, 0.15) is 5.78 Å². The highest BCUT2D eigenvalue weighted by Crippen LogP contribution is 2.68. The summed E-state index contributed by atoms with van der Waals surface area (Å²) in [6, 6.07) is 0. The van der Waals surface area contributed by atoms with E-state index in [4.69, 9.17) is 0 Å². The molecule has 1 nitrogen and oxygen atoms in total. The predicted octanol–water partition coefficient (Wildman–Crippen LogP) is 5.77. The Labute approximate surface area is 120 Å². The lowest BCUT2D eigenvalue weighted by molar-refractivity contribution is -0.121. The fourth-order valence-corrected chi connectivity index (χ4v) is 3.58. The molecule has 1 aliphatic carbocycles. The van der Waals surface area contributed by atoms with E-state index in [1.54, 1.807) is 0 Å². The smallest absolute Gasteiger partial charge is 0.137 e. The van der Waals surface area contributed by atoms with E-state index >= 15 is 0 Å². The van der Waals surface area contributed by atoms with E-state index < -0.39 is 0 Å². The molecular weight excluding hydrogens is 232 g/mol. The highest BCUT2D eigenvalue weighted by atomic mass is 16.1. The van der Waals surface area contributed by atoms with Crippen molar-refractivity contribution in [2.75, 3.05) is 0 Å². The molecule has 0 spiro atoms. The van der Waals surface area contributed by atoms with Crippen LogP contribution in [0.1, 0.15) is 92.4 Å². The fraction of sp³-hybridized carbons (Fsp3) is 0.944. The molecule has 0 unspecified atom stereocenters. The maximum atomic E-state index is 12.2. The first-order valence-electron chi connectivity index (χ1n) is 8.38. The Morgan fingerprint density at radius 3 is 1.63 bits per heavy atom. The van der Waals surface area contributed by atoms with E-state index in [2.05, 4.69) is 34.6 Å². The van der Waals surface area contributed by atoms with Crippen molar-refractivity contribution in [1.82, 2.24) is 0 Å². The molecule has 1 aliphatic rings. The summed E-state index contributed by atoms with van der Waals surface area (Å²) in [5, 5.41) is 0. The predicted molar refractivity (Wildman–Crippen MR) is 83.3 cm³/mol. The van der Waals surface area contributed by atoms with Crippen molar-refractivity contribution >= 4 is 5.78 Å². The molecule has 0 amide bonds. The molecule has 1 saturated carbocycles. The second kappa shape index (κ2) is 6.90. The van der Waals surface area contributed by atoms with Crippen LogP contribution in [-0.2, 0) is 4.79 Å². The van der Waals surface area contributed by atoms with Crippen molar-refractivity contribution in [3.8, 4) is 0 Å². The van der Waals surface area contributed by atoms with Gasteiger partial charge in [-0.15, -0.1) is 0 Å². The molecule has 112 valence electrons. The molecule has 0 N–H and O–H groups in total. The zero-order valence-electron chi connectivity index (χ0n) is 13.8. The minimum atomic E-state index is 0.226. The molecule has 0 aromatic heterocycles. The number of rotatable bonds is 10. The third kappa shape index (κ3) is 4.07. The van der Waals surface area contributed by atoms with Crippen LogP contribution < -0.4 is 0 Å². The van der Waals surface area contributed by atoms with Crippen LogP contribution in [0.3, 0.4) is 0 Å². The molecular formula is C18H34O. The number of carbonyl (C=O) groups excluding carboxylic acids is 1. The normalized spacial score (nSPS) is 20.5. The van der Waals surface area contributed by atoms with Gasteiger partial charge < -0.3 is 0 Å². The van der Waals surface area contributed by atoms with Crippen LogP contribution in [0.15, 0.2) is 0 Å². The molecule has 0 heterocycles. The van der Waals surface area contributed by atoms with Gasteiger partial charge in [0, 0.05) is 12.3 Å². The minimum Gasteiger partial charge on any atom is -0.299 e. The first-order chi connectivity index (χ1) is 8.85. The number of hydrogen-bond donors (Lipinski definition) is 0. The van der Waals surface area contributed by atoms with Gasteiger partial charge in [0.25, 0.3) is 0 Å². The molecule has 1 heteroatoms. The summed E-state index contributed by atoms with van der Waals surface area (Å²) in [5.74, 6) is 0.825. The van der Waals surface area contributed by atoms with E-state index in [0.29, 0.717) is 11.7 Å². The summed E-state index contributed by atoms with van der Waals surface area (Å²) in [6.07, 6.45) is 11.3. The van der Waals surface area contributed by atoms with Gasteiger partial charge in [-0.3, -0.25) is 4.79 Å². The summed E-state index contributed by atoms with van der Waals surface area (Å²) in [6.45, 7) is 11.2. The lowest BCUT2D eigenvalue weighted by atomic mass is 10.0. The summed E-state index contributed by atoms with van der Waals surface area (Å²) >= 11 is 0. The minimum absolute atomic E-state index is 0.226. The molecule has 0 aromatic rings. The molecule has 19 heavy (non-hydrogen) atoms. The van der Waals surface area contributed by atoms with Gasteiger partial charge in [0.05, 0.1) is 0 Å².